The van der Waals surface area contributed by atoms with Gasteiger partial charge in [0.25, 0.3) is 0 Å². The standard InChI is InChI=1S/C15H24N2OS/c1-12(2)16-11-14-4-5-15(10-13(14)3)17-6-8-19(18)9-7-17/h4-5,10,12,16H,6-9,11H2,1-3H3. The number of aryl methyl sites for hydroxylation is 1. The topological polar surface area (TPSA) is 32.3 Å². The van der Waals surface area contributed by atoms with Crippen molar-refractivity contribution in [2.24, 2.45) is 0 Å². The van der Waals surface area contributed by atoms with Gasteiger partial charge in [0, 0.05) is 53.7 Å². The van der Waals surface area contributed by atoms with Crippen LogP contribution in [0.5, 0.6) is 0 Å². The van der Waals surface area contributed by atoms with Crippen molar-refractivity contribution < 1.29 is 4.21 Å². The summed E-state index contributed by atoms with van der Waals surface area (Å²) in [6, 6.07) is 7.17. The summed E-state index contributed by atoms with van der Waals surface area (Å²) < 4.78 is 11.4. The van der Waals surface area contributed by atoms with Gasteiger partial charge < -0.3 is 10.2 Å². The van der Waals surface area contributed by atoms with E-state index in [1.165, 1.54) is 16.8 Å². The molecule has 19 heavy (non-hydrogen) atoms. The van der Waals surface area contributed by atoms with Gasteiger partial charge in [-0.15, -0.1) is 0 Å². The molecular weight excluding hydrogens is 256 g/mol. The second kappa shape index (κ2) is 6.53. The molecule has 0 radical (unpaired) electrons. The summed E-state index contributed by atoms with van der Waals surface area (Å²) >= 11 is 0. The van der Waals surface area contributed by atoms with E-state index in [0.717, 1.165) is 31.1 Å². The summed E-state index contributed by atoms with van der Waals surface area (Å²) in [6.07, 6.45) is 0. The van der Waals surface area contributed by atoms with E-state index in [1.807, 2.05) is 0 Å². The summed E-state index contributed by atoms with van der Waals surface area (Å²) in [4.78, 5) is 2.34. The monoisotopic (exact) mass is 280 g/mol. The molecular formula is C15H24N2OS. The maximum Gasteiger partial charge on any atom is 0.0411 e. The minimum atomic E-state index is -0.604. The molecule has 1 saturated heterocycles. The van der Waals surface area contributed by atoms with Crippen LogP contribution in [0.3, 0.4) is 0 Å². The van der Waals surface area contributed by atoms with Crippen LogP contribution in [0, 0.1) is 6.92 Å². The van der Waals surface area contributed by atoms with Gasteiger partial charge in [-0.2, -0.15) is 0 Å². The first-order valence-electron chi connectivity index (χ1n) is 6.99. The number of anilines is 1. The van der Waals surface area contributed by atoms with Crippen molar-refractivity contribution in [1.82, 2.24) is 5.32 Å². The SMILES string of the molecule is Cc1cc(N2CCS(=O)CC2)ccc1CNC(C)C. The van der Waals surface area contributed by atoms with Gasteiger partial charge in [0.15, 0.2) is 0 Å². The highest BCUT2D eigenvalue weighted by atomic mass is 32.2. The normalized spacial score (nSPS) is 17.2. The predicted octanol–water partition coefficient (Wildman–Crippen LogP) is 2.06. The van der Waals surface area contributed by atoms with Crippen LogP contribution in [-0.4, -0.2) is 34.8 Å². The van der Waals surface area contributed by atoms with Crippen molar-refractivity contribution in [2.45, 2.75) is 33.4 Å². The molecule has 0 aromatic heterocycles. The Hall–Kier alpha value is -0.870. The van der Waals surface area contributed by atoms with Crippen LogP contribution in [0.25, 0.3) is 0 Å². The van der Waals surface area contributed by atoms with Crippen LogP contribution in [0.2, 0.25) is 0 Å². The molecule has 3 nitrogen and oxygen atoms in total. The highest BCUT2D eigenvalue weighted by molar-refractivity contribution is 7.85. The van der Waals surface area contributed by atoms with Crippen molar-refractivity contribution in [3.63, 3.8) is 0 Å². The summed E-state index contributed by atoms with van der Waals surface area (Å²) in [5, 5.41) is 3.45. The van der Waals surface area contributed by atoms with E-state index in [2.05, 4.69) is 49.2 Å². The van der Waals surface area contributed by atoms with Crippen molar-refractivity contribution in [1.29, 1.82) is 0 Å². The average molecular weight is 280 g/mol. The zero-order valence-electron chi connectivity index (χ0n) is 12.1. The molecule has 1 aliphatic rings. The molecule has 0 atom stereocenters. The van der Waals surface area contributed by atoms with Crippen LogP contribution in [0.1, 0.15) is 25.0 Å². The van der Waals surface area contributed by atoms with Gasteiger partial charge in [-0.3, -0.25) is 4.21 Å². The Morgan fingerprint density at radius 1 is 1.32 bits per heavy atom. The van der Waals surface area contributed by atoms with Gasteiger partial charge in [-0.05, 0) is 30.2 Å². The molecule has 106 valence electrons. The van der Waals surface area contributed by atoms with Crippen LogP contribution < -0.4 is 10.2 Å². The zero-order chi connectivity index (χ0) is 13.8. The smallest absolute Gasteiger partial charge is 0.0411 e. The minimum absolute atomic E-state index is 0.510. The van der Waals surface area contributed by atoms with E-state index in [4.69, 9.17) is 0 Å². The fourth-order valence-corrected chi connectivity index (χ4v) is 3.34. The summed E-state index contributed by atoms with van der Waals surface area (Å²) in [7, 11) is -0.604. The van der Waals surface area contributed by atoms with Gasteiger partial charge in [0.05, 0.1) is 0 Å². The van der Waals surface area contributed by atoms with E-state index in [9.17, 15) is 4.21 Å². The van der Waals surface area contributed by atoms with Gasteiger partial charge in [0.2, 0.25) is 0 Å². The highest BCUT2D eigenvalue weighted by Crippen LogP contribution is 2.20. The summed E-state index contributed by atoms with van der Waals surface area (Å²) in [6.45, 7) is 9.25. The minimum Gasteiger partial charge on any atom is -0.370 e. The number of hydrogen-bond donors (Lipinski definition) is 1. The molecule has 4 heteroatoms. The summed E-state index contributed by atoms with van der Waals surface area (Å²) in [5.41, 5.74) is 3.96. The van der Waals surface area contributed by atoms with Crippen molar-refractivity contribution in [3.8, 4) is 0 Å². The number of nitrogens with zero attached hydrogens (tertiary/aromatic N) is 1. The Kier molecular flexibility index (Phi) is 4.99. The molecule has 1 heterocycles. The van der Waals surface area contributed by atoms with E-state index in [-0.39, 0.29) is 0 Å². The first-order valence-corrected chi connectivity index (χ1v) is 8.48. The quantitative estimate of drug-likeness (QED) is 0.916. The Labute approximate surface area is 118 Å². The van der Waals surface area contributed by atoms with Gasteiger partial charge in [-0.1, -0.05) is 19.9 Å². The maximum absolute atomic E-state index is 11.4. The Morgan fingerprint density at radius 2 is 2.00 bits per heavy atom. The van der Waals surface area contributed by atoms with E-state index < -0.39 is 10.8 Å². The third-order valence-electron chi connectivity index (χ3n) is 3.57. The van der Waals surface area contributed by atoms with Gasteiger partial charge in [0.1, 0.15) is 0 Å². The van der Waals surface area contributed by atoms with Crippen LogP contribution in [-0.2, 0) is 17.3 Å². The highest BCUT2D eigenvalue weighted by Gasteiger charge is 2.15. The van der Waals surface area contributed by atoms with Gasteiger partial charge >= 0.3 is 0 Å². The average Bonchev–Trinajstić information content (AvgIpc) is 2.38. The molecule has 1 fully saturated rings. The fourth-order valence-electron chi connectivity index (χ4n) is 2.29. The lowest BCUT2D eigenvalue weighted by atomic mass is 10.1. The molecule has 0 unspecified atom stereocenters. The lowest BCUT2D eigenvalue weighted by molar-refractivity contribution is 0.587. The number of rotatable bonds is 4. The van der Waals surface area contributed by atoms with Crippen LogP contribution >= 0.6 is 0 Å². The number of nitrogens with one attached hydrogen (secondary N) is 1. The molecule has 0 amide bonds. The molecule has 2 rings (SSSR count). The summed E-state index contributed by atoms with van der Waals surface area (Å²) in [5.74, 6) is 1.60. The molecule has 0 bridgehead atoms. The Balaban J connectivity index is 2.03. The predicted molar refractivity (Wildman–Crippen MR) is 83.2 cm³/mol. The third kappa shape index (κ3) is 4.05. The van der Waals surface area contributed by atoms with Crippen LogP contribution in [0.15, 0.2) is 18.2 Å². The molecule has 1 aromatic rings. The largest absolute Gasteiger partial charge is 0.370 e. The molecule has 0 spiro atoms. The van der Waals surface area contributed by atoms with E-state index in [1.54, 1.807) is 0 Å². The number of hydrogen-bond acceptors (Lipinski definition) is 3. The molecule has 1 aromatic carbocycles. The van der Waals surface area contributed by atoms with Crippen molar-refractivity contribution in [3.05, 3.63) is 29.3 Å². The second-order valence-electron chi connectivity index (χ2n) is 5.48. The second-order valence-corrected chi connectivity index (χ2v) is 7.18. The lowest BCUT2D eigenvalue weighted by Crippen LogP contribution is -2.37. The van der Waals surface area contributed by atoms with Crippen molar-refractivity contribution in [2.75, 3.05) is 29.5 Å². The van der Waals surface area contributed by atoms with Crippen LogP contribution in [0.4, 0.5) is 5.69 Å². The lowest BCUT2D eigenvalue weighted by Gasteiger charge is -2.29. The van der Waals surface area contributed by atoms with E-state index in [0.29, 0.717) is 6.04 Å². The first kappa shape index (κ1) is 14.5. The van der Waals surface area contributed by atoms with Crippen molar-refractivity contribution >= 4 is 16.5 Å². The Bertz CT molecular complexity index is 449. The fraction of sp³-hybridized carbons (Fsp3) is 0.600. The molecule has 1 N–H and O–H groups in total. The molecule has 1 aliphatic heterocycles. The zero-order valence-corrected chi connectivity index (χ0v) is 12.9. The number of benzene rings is 1. The molecule has 0 saturated carbocycles. The van der Waals surface area contributed by atoms with Gasteiger partial charge in [-0.25, -0.2) is 0 Å². The van der Waals surface area contributed by atoms with E-state index >= 15 is 0 Å². The molecule has 0 aliphatic carbocycles. The maximum atomic E-state index is 11.4. The Morgan fingerprint density at radius 3 is 2.58 bits per heavy atom. The first-order chi connectivity index (χ1) is 9.06. The third-order valence-corrected chi connectivity index (χ3v) is 4.85.